The van der Waals surface area contributed by atoms with Crippen LogP contribution in [0.25, 0.3) is 0 Å². The highest BCUT2D eigenvalue weighted by Crippen LogP contribution is 2.48. The number of hydrogen-bond acceptors (Lipinski definition) is 7. The molecule has 0 saturated carbocycles. The number of halogens is 2. The van der Waals surface area contributed by atoms with Gasteiger partial charge in [-0.2, -0.15) is 0 Å². The number of nitro benzene ring substituents is 1. The van der Waals surface area contributed by atoms with E-state index in [4.69, 9.17) is 21.1 Å². The van der Waals surface area contributed by atoms with Gasteiger partial charge in [0, 0.05) is 27.9 Å². The number of nitro groups is 1. The standard InChI is InChI=1S/C25H17BrClN3O7/c1-36-19-7-3-12(26)9-17(19)21-22(25(33)28(21)13-5-8-20(37-2)18(27)11-13)29-23(31)15-6-4-14(30(34)35)10-16(15)24(29)32/h3-11,21-22H,1-2H3/t21-,22-/m0/s1. The Labute approximate surface area is 223 Å². The molecule has 0 spiro atoms. The number of imide groups is 1. The number of non-ortho nitro benzene ring substituents is 1. The molecule has 0 bridgehead atoms. The largest absolute Gasteiger partial charge is 0.496 e. The average Bonchev–Trinajstić information content (AvgIpc) is 3.12. The molecule has 1 fully saturated rings. The molecule has 0 N–H and O–H groups in total. The first-order valence-electron chi connectivity index (χ1n) is 10.8. The number of ether oxygens (including phenoxy) is 2. The highest BCUT2D eigenvalue weighted by molar-refractivity contribution is 9.10. The van der Waals surface area contributed by atoms with Crippen LogP contribution in [-0.4, -0.2) is 47.8 Å². The van der Waals surface area contributed by atoms with Crippen molar-refractivity contribution in [2.45, 2.75) is 12.1 Å². The molecule has 5 rings (SSSR count). The summed E-state index contributed by atoms with van der Waals surface area (Å²) >= 11 is 9.76. The minimum Gasteiger partial charge on any atom is -0.496 e. The first-order chi connectivity index (χ1) is 17.7. The lowest BCUT2D eigenvalue weighted by molar-refractivity contribution is -0.384. The Bertz CT molecular complexity index is 1510. The molecule has 0 aromatic heterocycles. The van der Waals surface area contributed by atoms with Crippen LogP contribution in [0, 0.1) is 10.1 Å². The maximum absolute atomic E-state index is 13.6. The normalized spacial score (nSPS) is 18.5. The number of hydrogen-bond donors (Lipinski definition) is 0. The van der Waals surface area contributed by atoms with Crippen molar-refractivity contribution < 1.29 is 28.8 Å². The van der Waals surface area contributed by atoms with Crippen molar-refractivity contribution in [3.63, 3.8) is 0 Å². The van der Waals surface area contributed by atoms with Crippen LogP contribution < -0.4 is 14.4 Å². The molecule has 188 valence electrons. The number of amides is 3. The predicted octanol–water partition coefficient (Wildman–Crippen LogP) is 4.78. The second kappa shape index (κ2) is 9.16. The van der Waals surface area contributed by atoms with E-state index in [1.54, 1.807) is 36.4 Å². The number of β-lactam (4-membered cyclic amide) rings is 1. The smallest absolute Gasteiger partial charge is 0.270 e. The van der Waals surface area contributed by atoms with E-state index in [2.05, 4.69) is 15.9 Å². The van der Waals surface area contributed by atoms with Crippen molar-refractivity contribution in [2.24, 2.45) is 0 Å². The van der Waals surface area contributed by atoms with Crippen molar-refractivity contribution >= 4 is 56.6 Å². The summed E-state index contributed by atoms with van der Waals surface area (Å²) in [4.78, 5) is 53.2. The first-order valence-corrected chi connectivity index (χ1v) is 12.0. The fourth-order valence-electron chi connectivity index (χ4n) is 4.68. The molecular formula is C25H17BrClN3O7. The van der Waals surface area contributed by atoms with Crippen molar-refractivity contribution in [3.8, 4) is 11.5 Å². The number of methoxy groups -OCH3 is 2. The first kappa shape index (κ1) is 24.7. The predicted molar refractivity (Wildman–Crippen MR) is 136 cm³/mol. The van der Waals surface area contributed by atoms with Gasteiger partial charge in [0.05, 0.1) is 41.3 Å². The molecule has 12 heteroatoms. The van der Waals surface area contributed by atoms with E-state index < -0.39 is 34.7 Å². The Hall–Kier alpha value is -3.96. The molecule has 0 radical (unpaired) electrons. The maximum Gasteiger partial charge on any atom is 0.270 e. The van der Waals surface area contributed by atoms with Crippen LogP contribution in [0.5, 0.6) is 11.5 Å². The summed E-state index contributed by atoms with van der Waals surface area (Å²) in [5.74, 6) is -1.18. The molecule has 0 unspecified atom stereocenters. The zero-order valence-corrected chi connectivity index (χ0v) is 21.6. The number of carbonyl (C=O) groups is 3. The number of rotatable bonds is 6. The van der Waals surface area contributed by atoms with E-state index in [0.29, 0.717) is 27.2 Å². The zero-order chi connectivity index (χ0) is 26.6. The van der Waals surface area contributed by atoms with Gasteiger partial charge in [-0.3, -0.25) is 29.4 Å². The lowest BCUT2D eigenvalue weighted by Gasteiger charge is -2.50. The molecule has 2 aliphatic heterocycles. The number of fused-ring (bicyclic) bond motifs is 1. The Kier molecular flexibility index (Phi) is 6.12. The highest BCUT2D eigenvalue weighted by Gasteiger charge is 2.58. The molecule has 2 heterocycles. The Morgan fingerprint density at radius 2 is 1.54 bits per heavy atom. The fourth-order valence-corrected chi connectivity index (χ4v) is 5.31. The van der Waals surface area contributed by atoms with Gasteiger partial charge in [-0.1, -0.05) is 27.5 Å². The molecular weight excluding hydrogens is 570 g/mol. The van der Waals surface area contributed by atoms with Crippen LogP contribution in [0.15, 0.2) is 59.1 Å². The summed E-state index contributed by atoms with van der Waals surface area (Å²) in [6, 6.07) is 11.4. The minimum absolute atomic E-state index is 0.00528. The summed E-state index contributed by atoms with van der Waals surface area (Å²) in [5.41, 5.74) is 0.496. The Balaban J connectivity index is 1.63. The summed E-state index contributed by atoms with van der Waals surface area (Å²) in [7, 11) is 2.94. The summed E-state index contributed by atoms with van der Waals surface area (Å²) < 4.78 is 11.4. The van der Waals surface area contributed by atoms with Crippen LogP contribution in [0.3, 0.4) is 0 Å². The van der Waals surface area contributed by atoms with Gasteiger partial charge in [0.15, 0.2) is 0 Å². The Morgan fingerprint density at radius 3 is 2.19 bits per heavy atom. The van der Waals surface area contributed by atoms with Crippen molar-refractivity contribution in [1.82, 2.24) is 4.90 Å². The van der Waals surface area contributed by atoms with E-state index in [1.807, 2.05) is 0 Å². The number of carbonyl (C=O) groups excluding carboxylic acids is 3. The lowest BCUT2D eigenvalue weighted by Crippen LogP contribution is -2.67. The van der Waals surface area contributed by atoms with E-state index in [-0.39, 0.29) is 21.8 Å². The van der Waals surface area contributed by atoms with Gasteiger partial charge in [0.1, 0.15) is 17.5 Å². The third-order valence-corrected chi connectivity index (χ3v) is 7.17. The maximum atomic E-state index is 13.6. The van der Waals surface area contributed by atoms with Crippen molar-refractivity contribution in [2.75, 3.05) is 19.1 Å². The quantitative estimate of drug-likeness (QED) is 0.176. The molecule has 2 atom stereocenters. The van der Waals surface area contributed by atoms with Gasteiger partial charge in [-0.25, -0.2) is 0 Å². The third-order valence-electron chi connectivity index (χ3n) is 6.38. The van der Waals surface area contributed by atoms with Crippen LogP contribution in [-0.2, 0) is 4.79 Å². The van der Waals surface area contributed by atoms with Crippen LogP contribution >= 0.6 is 27.5 Å². The van der Waals surface area contributed by atoms with Crippen LogP contribution in [0.2, 0.25) is 5.02 Å². The minimum atomic E-state index is -1.23. The van der Waals surface area contributed by atoms with E-state index in [0.717, 1.165) is 17.0 Å². The van der Waals surface area contributed by atoms with E-state index in [1.165, 1.54) is 25.2 Å². The van der Waals surface area contributed by atoms with Crippen molar-refractivity contribution in [3.05, 3.63) is 90.9 Å². The Morgan fingerprint density at radius 1 is 0.865 bits per heavy atom. The second-order valence-electron chi connectivity index (χ2n) is 8.27. The lowest BCUT2D eigenvalue weighted by atomic mass is 9.85. The molecule has 37 heavy (non-hydrogen) atoms. The fraction of sp³-hybridized carbons (Fsp3) is 0.160. The molecule has 2 aliphatic rings. The molecule has 3 aromatic rings. The summed E-state index contributed by atoms with van der Waals surface area (Å²) in [5, 5.41) is 11.5. The third kappa shape index (κ3) is 3.82. The van der Waals surface area contributed by atoms with Gasteiger partial charge in [0.2, 0.25) is 0 Å². The summed E-state index contributed by atoms with van der Waals surface area (Å²) in [6.07, 6.45) is 0. The van der Waals surface area contributed by atoms with Gasteiger partial charge < -0.3 is 14.4 Å². The average molecular weight is 587 g/mol. The molecule has 1 saturated heterocycles. The van der Waals surface area contributed by atoms with Gasteiger partial charge in [0.25, 0.3) is 23.4 Å². The second-order valence-corrected chi connectivity index (χ2v) is 9.59. The molecule has 10 nitrogen and oxygen atoms in total. The molecule has 3 aromatic carbocycles. The van der Waals surface area contributed by atoms with E-state index in [9.17, 15) is 24.5 Å². The zero-order valence-electron chi connectivity index (χ0n) is 19.3. The molecule has 0 aliphatic carbocycles. The number of benzene rings is 3. The summed E-state index contributed by atoms with van der Waals surface area (Å²) in [6.45, 7) is 0. The SMILES string of the molecule is COc1ccc(N2C(=O)[C@@H](N3C(=O)c4ccc([N+](=O)[O-])cc4C3=O)[C@@H]2c2cc(Br)ccc2OC)cc1Cl. The highest BCUT2D eigenvalue weighted by atomic mass is 79.9. The van der Waals surface area contributed by atoms with Crippen LogP contribution in [0.4, 0.5) is 11.4 Å². The van der Waals surface area contributed by atoms with E-state index >= 15 is 0 Å². The van der Waals surface area contributed by atoms with Gasteiger partial charge in [-0.15, -0.1) is 0 Å². The van der Waals surface area contributed by atoms with Gasteiger partial charge in [-0.05, 0) is 42.5 Å². The molecule has 3 amide bonds. The topological polar surface area (TPSA) is 119 Å². The van der Waals surface area contributed by atoms with Gasteiger partial charge >= 0.3 is 0 Å². The number of anilines is 1. The van der Waals surface area contributed by atoms with Crippen LogP contribution in [0.1, 0.15) is 32.3 Å². The number of nitrogens with zero attached hydrogens (tertiary/aromatic N) is 3. The monoisotopic (exact) mass is 585 g/mol. The van der Waals surface area contributed by atoms with Crippen molar-refractivity contribution in [1.29, 1.82) is 0 Å².